The highest BCUT2D eigenvalue weighted by atomic mass is 16.9. The van der Waals surface area contributed by atoms with Crippen molar-refractivity contribution in [2.24, 2.45) is 0 Å². The van der Waals surface area contributed by atoms with E-state index in [0.717, 1.165) is 25.9 Å². The molecule has 0 bridgehead atoms. The van der Waals surface area contributed by atoms with Gasteiger partial charge in [0.05, 0.1) is 38.6 Å². The van der Waals surface area contributed by atoms with E-state index >= 15 is 0 Å². The first-order chi connectivity index (χ1) is 27.9. The van der Waals surface area contributed by atoms with Gasteiger partial charge < -0.3 is 77.7 Å². The van der Waals surface area contributed by atoms with E-state index in [4.69, 9.17) is 56.8 Å². The summed E-state index contributed by atoms with van der Waals surface area (Å²) >= 11 is 0. The molecule has 0 aromatic rings. The molecule has 16 nitrogen and oxygen atoms in total. The molecule has 0 aromatic heterocycles. The summed E-state index contributed by atoms with van der Waals surface area (Å²) in [4.78, 5) is 0. The number of unbranched alkanes of at least 4 members (excludes halogenated alkanes) is 9. The third-order valence-electron chi connectivity index (χ3n) is 11.9. The Morgan fingerprint density at radius 3 is 1.37 bits per heavy atom. The van der Waals surface area contributed by atoms with Crippen molar-refractivity contribution >= 4 is 0 Å². The summed E-state index contributed by atoms with van der Waals surface area (Å²) in [6.45, 7) is 20.2. The largest absolute Gasteiger partial charge is 0.389 e. The maximum absolute atomic E-state index is 10.7. The molecule has 13 atom stereocenters. The molecule has 6 fully saturated rings. The Morgan fingerprint density at radius 1 is 0.492 bits per heavy atom. The Kier molecular flexibility index (Phi) is 16.9. The number of hydrogen-bond donors (Lipinski definition) is 4. The molecule has 6 rings (SSSR count). The highest BCUT2D eigenvalue weighted by Gasteiger charge is 2.62. The van der Waals surface area contributed by atoms with Crippen LogP contribution in [0.15, 0.2) is 0 Å². The minimum Gasteiger partial charge on any atom is -0.389 e. The average Bonchev–Trinajstić information content (AvgIpc) is 3.86. The van der Waals surface area contributed by atoms with Crippen molar-refractivity contribution in [3.05, 3.63) is 0 Å². The average molecular weight is 847 g/mol. The number of fused-ring (bicyclic) bond motifs is 6. The molecule has 0 spiro atoms. The van der Waals surface area contributed by atoms with Crippen LogP contribution in [0.25, 0.3) is 0 Å². The van der Waals surface area contributed by atoms with Crippen molar-refractivity contribution in [1.82, 2.24) is 10.6 Å². The molecule has 0 radical (unpaired) electrons. The van der Waals surface area contributed by atoms with Gasteiger partial charge in [0, 0.05) is 12.6 Å². The number of hydrogen-bond acceptors (Lipinski definition) is 16. The van der Waals surface area contributed by atoms with E-state index < -0.39 is 54.0 Å². The van der Waals surface area contributed by atoms with Crippen molar-refractivity contribution in [1.29, 1.82) is 0 Å². The first kappa shape index (κ1) is 47.8. The highest BCUT2D eigenvalue weighted by molar-refractivity contribution is 5.01. The third kappa shape index (κ3) is 13.7. The van der Waals surface area contributed by atoms with Crippen LogP contribution in [-0.2, 0) is 56.8 Å². The lowest BCUT2D eigenvalue weighted by Crippen LogP contribution is -2.56. The summed E-state index contributed by atoms with van der Waals surface area (Å²) in [6.07, 6.45) is 6.89. The van der Waals surface area contributed by atoms with Gasteiger partial charge in [0.15, 0.2) is 35.7 Å². The Morgan fingerprint density at radius 2 is 0.881 bits per heavy atom. The van der Waals surface area contributed by atoms with Gasteiger partial charge in [-0.15, -0.1) is 0 Å². The minimum atomic E-state index is -0.764. The molecule has 344 valence electrons. The molecule has 0 aliphatic carbocycles. The van der Waals surface area contributed by atoms with E-state index in [1.54, 1.807) is 0 Å². The fraction of sp³-hybridized carbons (Fsp3) is 1.00. The normalized spacial score (nSPS) is 36.5. The summed E-state index contributed by atoms with van der Waals surface area (Å²) in [5, 5.41) is 28.0. The van der Waals surface area contributed by atoms with E-state index in [1.165, 1.54) is 51.4 Å². The van der Waals surface area contributed by atoms with Gasteiger partial charge in [-0.25, -0.2) is 0 Å². The van der Waals surface area contributed by atoms with Crippen molar-refractivity contribution in [3.8, 4) is 0 Å². The van der Waals surface area contributed by atoms with Crippen LogP contribution in [0.2, 0.25) is 0 Å². The predicted octanol–water partition coefficient (Wildman–Crippen LogP) is 4.00. The minimum absolute atomic E-state index is 0.0847. The summed E-state index contributed by atoms with van der Waals surface area (Å²) in [7, 11) is 0. The summed E-state index contributed by atoms with van der Waals surface area (Å²) < 4.78 is 72.9. The van der Waals surface area contributed by atoms with E-state index in [2.05, 4.69) is 10.6 Å². The molecule has 6 aliphatic rings. The maximum Gasteiger partial charge on any atom is 0.190 e. The van der Waals surface area contributed by atoms with Crippen LogP contribution >= 0.6 is 0 Å². The van der Waals surface area contributed by atoms with Gasteiger partial charge >= 0.3 is 0 Å². The number of nitrogens with one attached hydrogen (secondary N) is 2. The van der Waals surface area contributed by atoms with Crippen molar-refractivity contribution in [3.63, 3.8) is 0 Å². The predicted molar refractivity (Wildman–Crippen MR) is 215 cm³/mol. The Bertz CT molecular complexity index is 1270. The smallest absolute Gasteiger partial charge is 0.190 e. The van der Waals surface area contributed by atoms with Crippen LogP contribution in [0.4, 0.5) is 0 Å². The molecule has 5 unspecified atom stereocenters. The number of rotatable bonds is 25. The highest BCUT2D eigenvalue weighted by Crippen LogP contribution is 2.45. The van der Waals surface area contributed by atoms with E-state index in [1.807, 2.05) is 62.3 Å². The second kappa shape index (κ2) is 20.9. The van der Waals surface area contributed by atoms with E-state index in [9.17, 15) is 10.2 Å². The monoisotopic (exact) mass is 847 g/mol. The molecular weight excluding hydrogens is 768 g/mol. The van der Waals surface area contributed by atoms with Gasteiger partial charge in [-0.05, 0) is 88.2 Å². The number of ether oxygens (including phenoxy) is 12. The molecule has 0 aromatic carbocycles. The van der Waals surface area contributed by atoms with E-state index in [-0.39, 0.29) is 75.2 Å². The molecule has 6 heterocycles. The zero-order valence-electron chi connectivity index (χ0n) is 37.3. The summed E-state index contributed by atoms with van der Waals surface area (Å²) in [5.74, 6) is -3.03. The molecule has 0 saturated carbocycles. The lowest BCUT2D eigenvalue weighted by atomic mass is 9.99. The fourth-order valence-corrected chi connectivity index (χ4v) is 9.01. The first-order valence-corrected chi connectivity index (χ1v) is 22.6. The molecule has 4 N–H and O–H groups in total. The Balaban J connectivity index is 0.705. The second-order valence-electron chi connectivity index (χ2n) is 19.2. The molecule has 16 heteroatoms. The van der Waals surface area contributed by atoms with Crippen LogP contribution < -0.4 is 10.6 Å². The van der Waals surface area contributed by atoms with Crippen molar-refractivity contribution < 1.29 is 67.1 Å². The van der Waals surface area contributed by atoms with Gasteiger partial charge in [0.2, 0.25) is 0 Å². The first-order valence-electron chi connectivity index (χ1n) is 22.6. The topological polar surface area (TPSA) is 175 Å². The number of aliphatic hydroxyl groups excluding tert-OH is 2. The molecule has 6 saturated heterocycles. The van der Waals surface area contributed by atoms with Gasteiger partial charge in [0.1, 0.15) is 48.8 Å². The van der Waals surface area contributed by atoms with Gasteiger partial charge in [-0.2, -0.15) is 0 Å². The van der Waals surface area contributed by atoms with Gasteiger partial charge in [0.25, 0.3) is 0 Å². The Hall–Kier alpha value is -0.640. The van der Waals surface area contributed by atoms with Crippen LogP contribution in [0.1, 0.15) is 127 Å². The van der Waals surface area contributed by atoms with Crippen LogP contribution in [-0.4, -0.2) is 159 Å². The Labute approximate surface area is 352 Å². The van der Waals surface area contributed by atoms with Gasteiger partial charge in [-0.3, -0.25) is 0 Å². The maximum atomic E-state index is 10.7. The zero-order chi connectivity index (χ0) is 42.4. The third-order valence-corrected chi connectivity index (χ3v) is 11.9. The molecule has 0 amide bonds. The fourth-order valence-electron chi connectivity index (χ4n) is 9.01. The lowest BCUT2D eigenvalue weighted by molar-refractivity contribution is -0.244. The number of aliphatic hydroxyl groups is 2. The van der Waals surface area contributed by atoms with Crippen LogP contribution in [0.5, 0.6) is 0 Å². The molecule has 59 heavy (non-hydrogen) atoms. The van der Waals surface area contributed by atoms with Crippen LogP contribution in [0, 0.1) is 0 Å². The standard InChI is InChI=1S/C43H78N2O14/c1-27(29(47)24-49-26-31-33-35(55-41(4,5)53-33)37-39(51-31)59-43(8,9)57-37)45-21-19-17-15-13-11-10-12-14-16-18-20-44-22-28(46)23-48-25-30-32-34(54-40(2,3)52-32)36-38(50-30)58-42(6,7)56-36/h27-39,44-47H,10-26H2,1-9H3/t27?,28?,29?,30?,31?,32-,33-,34-,35-,36+,37+,38+,39+/m0/s1. The second-order valence-corrected chi connectivity index (χ2v) is 19.2. The quantitative estimate of drug-likeness (QED) is 0.0970. The van der Waals surface area contributed by atoms with Crippen molar-refractivity contribution in [2.45, 2.75) is 229 Å². The van der Waals surface area contributed by atoms with Crippen molar-refractivity contribution in [2.75, 3.05) is 46.1 Å². The lowest BCUT2D eigenvalue weighted by Gasteiger charge is -2.37. The summed E-state index contributed by atoms with van der Waals surface area (Å²) in [6, 6.07) is -0.0847. The van der Waals surface area contributed by atoms with Crippen LogP contribution in [0.3, 0.4) is 0 Å². The SMILES string of the molecule is CC(NCCCCCCCCCCCCNCC(O)COCC1O[C@@H]2OC(C)(C)O[C@@H]2[C@H]2OC(C)(C)O[C@@H]12)C(O)COCC1O[C@@H]2OC(C)(C)O[C@@H]2[C@H]2OC(C)(C)O[C@@H]12. The zero-order valence-corrected chi connectivity index (χ0v) is 37.3. The van der Waals surface area contributed by atoms with Gasteiger partial charge in [-0.1, -0.05) is 51.4 Å². The summed E-state index contributed by atoms with van der Waals surface area (Å²) in [5.41, 5.74) is 0. The molecule has 6 aliphatic heterocycles. The van der Waals surface area contributed by atoms with E-state index in [0.29, 0.717) is 6.54 Å². The molecular formula is C43H78N2O14.